The predicted molar refractivity (Wildman–Crippen MR) is 106 cm³/mol. The van der Waals surface area contributed by atoms with Gasteiger partial charge in [0.25, 0.3) is 0 Å². The van der Waals surface area contributed by atoms with Gasteiger partial charge in [0.2, 0.25) is 5.88 Å². The Bertz CT molecular complexity index is 1070. The zero-order valence-corrected chi connectivity index (χ0v) is 17.2. The van der Waals surface area contributed by atoms with E-state index in [1.54, 1.807) is 0 Å². The van der Waals surface area contributed by atoms with Gasteiger partial charge in [-0.05, 0) is 31.7 Å². The topological polar surface area (TPSA) is 163 Å². The van der Waals surface area contributed by atoms with Crippen LogP contribution >= 0.6 is 0 Å². The van der Waals surface area contributed by atoms with E-state index in [9.17, 15) is 27.3 Å². The maximum Gasteiger partial charge on any atom is 0.433 e. The van der Waals surface area contributed by atoms with Gasteiger partial charge in [0.1, 0.15) is 23.3 Å². The summed E-state index contributed by atoms with van der Waals surface area (Å²) in [5.74, 6) is -0.176. The number of aromatic nitrogens is 1. The smallest absolute Gasteiger partial charge is 0.433 e. The molecule has 6 N–H and O–H groups in total. The van der Waals surface area contributed by atoms with E-state index >= 15 is 0 Å². The summed E-state index contributed by atoms with van der Waals surface area (Å²) in [5.41, 5.74) is -0.774. The van der Waals surface area contributed by atoms with Crippen LogP contribution < -0.4 is 15.8 Å². The van der Waals surface area contributed by atoms with Crippen molar-refractivity contribution in [3.63, 3.8) is 0 Å². The number of hydrogen-bond acceptors (Lipinski definition) is 7. The average Bonchev–Trinajstić information content (AvgIpc) is 3.13. The monoisotopic (exact) mass is 462 g/mol. The number of carbonyl (C=O) groups is 1. The van der Waals surface area contributed by atoms with Gasteiger partial charge in [-0.15, -0.1) is 4.36 Å². The summed E-state index contributed by atoms with van der Waals surface area (Å²) in [4.78, 5) is 15.7. The maximum absolute atomic E-state index is 13.4. The number of pyridine rings is 1. The maximum atomic E-state index is 13.4. The Morgan fingerprint density at radius 1 is 1.48 bits per heavy atom. The SMILES string of the molecule is Cc1c(C(F)(F)F)nc2c(c1NC(=O)N=S(N)(=O)/C(C=N)=C1/NC[C@@H](O)CO1)CCC2. The van der Waals surface area contributed by atoms with Gasteiger partial charge >= 0.3 is 12.2 Å². The van der Waals surface area contributed by atoms with Crippen molar-refractivity contribution in [1.29, 1.82) is 5.41 Å². The number of anilines is 1. The first-order valence-electron chi connectivity index (χ1n) is 9.19. The van der Waals surface area contributed by atoms with E-state index in [1.165, 1.54) is 6.92 Å². The van der Waals surface area contributed by atoms with Gasteiger partial charge < -0.3 is 25.9 Å². The van der Waals surface area contributed by atoms with Gasteiger partial charge in [0.05, 0.1) is 5.69 Å². The van der Waals surface area contributed by atoms with Crippen LogP contribution in [0.15, 0.2) is 15.2 Å². The molecular weight excluding hydrogens is 441 g/mol. The van der Waals surface area contributed by atoms with Crippen molar-refractivity contribution in [2.24, 2.45) is 9.50 Å². The summed E-state index contributed by atoms with van der Waals surface area (Å²) in [7, 11) is -3.98. The van der Waals surface area contributed by atoms with Crippen molar-refractivity contribution in [3.8, 4) is 0 Å². The molecule has 1 aromatic heterocycles. The zero-order chi connectivity index (χ0) is 23.0. The van der Waals surface area contributed by atoms with Crippen LogP contribution in [0.2, 0.25) is 0 Å². The number of allylic oxidation sites excluding steroid dienone is 1. The normalized spacial score (nSPS) is 21.8. The van der Waals surface area contributed by atoms with E-state index in [0.717, 1.165) is 0 Å². The summed E-state index contributed by atoms with van der Waals surface area (Å²) in [6, 6.07) is -1.24. The van der Waals surface area contributed by atoms with E-state index in [0.29, 0.717) is 31.0 Å². The van der Waals surface area contributed by atoms with Crippen molar-refractivity contribution in [3.05, 3.63) is 33.3 Å². The van der Waals surface area contributed by atoms with Crippen molar-refractivity contribution in [2.75, 3.05) is 18.5 Å². The second kappa shape index (κ2) is 8.43. The molecule has 2 amide bonds. The minimum absolute atomic E-state index is 0.0386. The lowest BCUT2D eigenvalue weighted by molar-refractivity contribution is -0.141. The third-order valence-corrected chi connectivity index (χ3v) is 6.15. The number of nitrogens with two attached hydrogens (primary N) is 1. The molecule has 31 heavy (non-hydrogen) atoms. The molecule has 1 saturated heterocycles. The van der Waals surface area contributed by atoms with Gasteiger partial charge in [-0.3, -0.25) is 0 Å². The molecule has 1 unspecified atom stereocenters. The van der Waals surface area contributed by atoms with Gasteiger partial charge in [-0.25, -0.2) is 19.1 Å². The van der Waals surface area contributed by atoms with E-state index in [-0.39, 0.29) is 36.0 Å². The van der Waals surface area contributed by atoms with Gasteiger partial charge in [0.15, 0.2) is 9.92 Å². The van der Waals surface area contributed by atoms with E-state index in [4.69, 9.17) is 15.3 Å². The zero-order valence-electron chi connectivity index (χ0n) is 16.4. The second-order valence-corrected chi connectivity index (χ2v) is 8.77. The molecule has 2 aliphatic rings. The van der Waals surface area contributed by atoms with Gasteiger partial charge in [-0.2, -0.15) is 13.2 Å². The molecule has 0 aromatic carbocycles. The number of halogens is 3. The fraction of sp³-hybridized carbons (Fsp3) is 0.471. The van der Waals surface area contributed by atoms with E-state index in [1.807, 2.05) is 0 Å². The molecule has 170 valence electrons. The minimum atomic E-state index is -4.72. The number of rotatable bonds is 3. The molecular formula is C17H21F3N6O4S. The molecule has 1 aliphatic carbocycles. The molecule has 2 heterocycles. The number of nitrogens with zero attached hydrogens (tertiary/aromatic N) is 2. The third-order valence-electron chi connectivity index (χ3n) is 4.77. The molecule has 2 atom stereocenters. The number of amides is 2. The number of hydrogen-bond donors (Lipinski definition) is 5. The van der Waals surface area contributed by atoms with E-state index < -0.39 is 38.8 Å². The van der Waals surface area contributed by atoms with Crippen LogP contribution in [0.5, 0.6) is 0 Å². The Morgan fingerprint density at radius 3 is 2.77 bits per heavy atom. The van der Waals surface area contributed by atoms with Crippen LogP contribution in [-0.4, -0.2) is 45.8 Å². The summed E-state index contributed by atoms with van der Waals surface area (Å²) in [6.07, 6.45) is -3.61. The van der Waals surface area contributed by atoms with Crippen molar-refractivity contribution in [2.45, 2.75) is 38.5 Å². The van der Waals surface area contributed by atoms with Gasteiger partial charge in [0, 0.05) is 24.0 Å². The Morgan fingerprint density at radius 2 is 2.19 bits per heavy atom. The van der Waals surface area contributed by atoms with Crippen LogP contribution in [0.25, 0.3) is 0 Å². The van der Waals surface area contributed by atoms with Gasteiger partial charge in [-0.1, -0.05) is 0 Å². The molecule has 1 fully saturated rings. The highest BCUT2D eigenvalue weighted by atomic mass is 32.2. The highest BCUT2D eigenvalue weighted by molar-refractivity contribution is 7.96. The molecule has 0 radical (unpaired) electrons. The Labute approximate surface area is 175 Å². The van der Waals surface area contributed by atoms with Crippen molar-refractivity contribution < 1.29 is 32.0 Å². The number of ether oxygens (including phenoxy) is 1. The van der Waals surface area contributed by atoms with Crippen molar-refractivity contribution >= 4 is 27.8 Å². The first kappa shape index (κ1) is 23.0. The summed E-state index contributed by atoms with van der Waals surface area (Å²) in [6.45, 7) is 1.07. The molecule has 0 saturated carbocycles. The highest BCUT2D eigenvalue weighted by Gasteiger charge is 2.38. The fourth-order valence-electron chi connectivity index (χ4n) is 3.37. The molecule has 0 bridgehead atoms. The van der Waals surface area contributed by atoms with E-state index in [2.05, 4.69) is 20.0 Å². The lowest BCUT2D eigenvalue weighted by Gasteiger charge is -2.24. The predicted octanol–water partition coefficient (Wildman–Crippen LogP) is 1.57. The number of nitrogens with one attached hydrogen (secondary N) is 3. The first-order chi connectivity index (χ1) is 14.4. The summed E-state index contributed by atoms with van der Waals surface area (Å²) in [5, 5.41) is 27.4. The molecule has 3 rings (SSSR count). The van der Waals surface area contributed by atoms with Crippen LogP contribution in [0.3, 0.4) is 0 Å². The summed E-state index contributed by atoms with van der Waals surface area (Å²) >= 11 is 0. The quantitative estimate of drug-likeness (QED) is 0.428. The molecule has 0 spiro atoms. The molecule has 1 aliphatic heterocycles. The number of fused-ring (bicyclic) bond motifs is 1. The third kappa shape index (κ3) is 4.80. The summed E-state index contributed by atoms with van der Waals surface area (Å²) < 4.78 is 61.4. The molecule has 1 aromatic rings. The highest BCUT2D eigenvalue weighted by Crippen LogP contribution is 2.38. The fourth-order valence-corrected chi connectivity index (χ4v) is 4.33. The molecule has 10 nitrogen and oxygen atoms in total. The largest absolute Gasteiger partial charge is 0.475 e. The number of aliphatic hydroxyl groups is 1. The standard InChI is InChI=1S/C17H21F3N6O4S/c1-8-13(10-3-2-4-11(10)24-14(8)17(18,19)20)25-16(28)26-31(22,29)12(5-21)15-23-6-9(27)7-30-15/h5,9,21,23,27H,2-4,6-7H2,1H3,(H3,22,24,25,26,28,29)/b15-12-,21-5?/t9-,31?/m1/s1. The number of carbonyl (C=O) groups excluding carboxylic acids is 1. The Hall–Kier alpha value is -2.71. The lowest BCUT2D eigenvalue weighted by Crippen LogP contribution is -2.39. The minimum Gasteiger partial charge on any atom is -0.475 e. The molecule has 14 heteroatoms. The first-order valence-corrected chi connectivity index (χ1v) is 10.8. The number of urea groups is 1. The number of aliphatic hydroxyl groups excluding tert-OH is 1. The number of β-amino-alcohol motifs (C(OH)–C–C–N with tert-alkyl or cyclic N) is 1. The second-order valence-electron chi connectivity index (χ2n) is 7.01. The number of aryl methyl sites for hydroxylation is 1. The lowest BCUT2D eigenvalue weighted by atomic mass is 10.1. The number of alkyl halides is 3. The van der Waals surface area contributed by atoms with Crippen molar-refractivity contribution in [1.82, 2.24) is 10.3 Å². The van der Waals surface area contributed by atoms with Crippen LogP contribution in [0, 0.1) is 12.3 Å². The Balaban J connectivity index is 1.97. The van der Waals surface area contributed by atoms with Crippen LogP contribution in [0.4, 0.5) is 23.7 Å². The average molecular weight is 462 g/mol. The Kier molecular flexibility index (Phi) is 6.25. The van der Waals surface area contributed by atoms with Crippen LogP contribution in [-0.2, 0) is 33.7 Å². The van der Waals surface area contributed by atoms with Crippen LogP contribution in [0.1, 0.15) is 28.9 Å².